The van der Waals surface area contributed by atoms with Crippen LogP contribution in [0.2, 0.25) is 0 Å². The third-order valence-corrected chi connectivity index (χ3v) is 3.94. The number of rotatable bonds is 7. The molecule has 1 amide bonds. The van der Waals surface area contributed by atoms with Crippen molar-refractivity contribution in [3.63, 3.8) is 0 Å². The molecule has 1 aromatic heterocycles. The number of nitrogens with one attached hydrogen (secondary N) is 1. The standard InChI is InChI=1S/C9H16N4O2S2/c1-13(2)5-3-7-11-12-9(17-7)16-6-4-10-8(14)15/h10H,3-6H2,1-2H3,(H,14,15). The molecule has 96 valence electrons. The van der Waals surface area contributed by atoms with Gasteiger partial charge < -0.3 is 15.3 Å². The van der Waals surface area contributed by atoms with Crippen molar-refractivity contribution in [2.45, 2.75) is 10.8 Å². The summed E-state index contributed by atoms with van der Waals surface area (Å²) >= 11 is 3.10. The zero-order valence-corrected chi connectivity index (χ0v) is 11.5. The summed E-state index contributed by atoms with van der Waals surface area (Å²) in [4.78, 5) is 12.3. The summed E-state index contributed by atoms with van der Waals surface area (Å²) in [7, 11) is 4.04. The topological polar surface area (TPSA) is 78.4 Å². The highest BCUT2D eigenvalue weighted by Gasteiger charge is 2.05. The highest BCUT2D eigenvalue weighted by atomic mass is 32.2. The van der Waals surface area contributed by atoms with Crippen molar-refractivity contribution >= 4 is 29.2 Å². The van der Waals surface area contributed by atoms with Crippen LogP contribution in [0.1, 0.15) is 5.01 Å². The van der Waals surface area contributed by atoms with Crippen LogP contribution in [0, 0.1) is 0 Å². The lowest BCUT2D eigenvalue weighted by Gasteiger charge is -2.05. The molecule has 1 aromatic rings. The Morgan fingerprint density at radius 3 is 2.94 bits per heavy atom. The van der Waals surface area contributed by atoms with Gasteiger partial charge in [-0.2, -0.15) is 0 Å². The lowest BCUT2D eigenvalue weighted by atomic mass is 10.4. The van der Waals surface area contributed by atoms with Gasteiger partial charge in [-0.15, -0.1) is 10.2 Å². The number of carboxylic acid groups (broad SMARTS) is 1. The molecule has 0 aromatic carbocycles. The predicted molar refractivity (Wildman–Crippen MR) is 68.9 cm³/mol. The molecule has 1 heterocycles. The molecule has 0 aliphatic heterocycles. The molecule has 0 unspecified atom stereocenters. The Morgan fingerprint density at radius 1 is 1.53 bits per heavy atom. The molecule has 0 radical (unpaired) electrons. The van der Waals surface area contributed by atoms with Crippen LogP contribution in [0.25, 0.3) is 0 Å². The molecule has 0 spiro atoms. The van der Waals surface area contributed by atoms with E-state index in [1.807, 2.05) is 14.1 Å². The molecule has 8 heteroatoms. The van der Waals surface area contributed by atoms with Crippen molar-refractivity contribution in [1.82, 2.24) is 20.4 Å². The van der Waals surface area contributed by atoms with Gasteiger partial charge in [-0.1, -0.05) is 23.1 Å². The number of hydrogen-bond acceptors (Lipinski definition) is 6. The maximum atomic E-state index is 10.2. The fraction of sp³-hybridized carbons (Fsp3) is 0.667. The molecular formula is C9H16N4O2S2. The smallest absolute Gasteiger partial charge is 0.404 e. The predicted octanol–water partition coefficient (Wildman–Crippen LogP) is 1.00. The summed E-state index contributed by atoms with van der Waals surface area (Å²) in [6.07, 6.45) is -0.0898. The number of hydrogen-bond donors (Lipinski definition) is 2. The van der Waals surface area contributed by atoms with Gasteiger partial charge in [-0.05, 0) is 14.1 Å². The molecule has 0 saturated carbocycles. The first-order valence-electron chi connectivity index (χ1n) is 5.14. The Kier molecular flexibility index (Phi) is 6.23. The van der Waals surface area contributed by atoms with E-state index in [4.69, 9.17) is 5.11 Å². The third-order valence-electron chi connectivity index (χ3n) is 1.83. The zero-order chi connectivity index (χ0) is 12.7. The maximum Gasteiger partial charge on any atom is 0.404 e. The minimum absolute atomic E-state index is 0.423. The van der Waals surface area contributed by atoms with Crippen LogP contribution in [0.5, 0.6) is 0 Å². The molecule has 0 aliphatic carbocycles. The van der Waals surface area contributed by atoms with Crippen molar-refractivity contribution in [2.75, 3.05) is 32.9 Å². The van der Waals surface area contributed by atoms with Gasteiger partial charge in [-0.3, -0.25) is 0 Å². The Labute approximate surface area is 108 Å². The van der Waals surface area contributed by atoms with Gasteiger partial charge >= 0.3 is 6.09 Å². The molecule has 17 heavy (non-hydrogen) atoms. The van der Waals surface area contributed by atoms with E-state index < -0.39 is 6.09 Å². The van der Waals surface area contributed by atoms with Crippen molar-refractivity contribution in [1.29, 1.82) is 0 Å². The zero-order valence-electron chi connectivity index (χ0n) is 9.84. The van der Waals surface area contributed by atoms with Crippen LogP contribution < -0.4 is 5.32 Å². The SMILES string of the molecule is CN(C)CCc1nnc(SCCNC(=O)O)s1. The van der Waals surface area contributed by atoms with Gasteiger partial charge in [0.05, 0.1) is 0 Å². The minimum atomic E-state index is -0.991. The molecule has 6 nitrogen and oxygen atoms in total. The quantitative estimate of drug-likeness (QED) is 0.571. The highest BCUT2D eigenvalue weighted by molar-refractivity contribution is 8.01. The van der Waals surface area contributed by atoms with Gasteiger partial charge in [0, 0.05) is 25.3 Å². The van der Waals surface area contributed by atoms with Crippen LogP contribution in [0.15, 0.2) is 4.34 Å². The van der Waals surface area contributed by atoms with E-state index in [0.29, 0.717) is 12.3 Å². The number of likely N-dealkylation sites (N-methyl/N-ethyl adjacent to an activating group) is 1. The molecule has 0 atom stereocenters. The summed E-state index contributed by atoms with van der Waals surface area (Å²) in [5.41, 5.74) is 0. The fourth-order valence-electron chi connectivity index (χ4n) is 1.01. The molecule has 2 N–H and O–H groups in total. The van der Waals surface area contributed by atoms with Crippen LogP contribution >= 0.6 is 23.1 Å². The van der Waals surface area contributed by atoms with E-state index in [9.17, 15) is 4.79 Å². The Morgan fingerprint density at radius 2 is 2.29 bits per heavy atom. The first-order valence-corrected chi connectivity index (χ1v) is 6.95. The lowest BCUT2D eigenvalue weighted by Crippen LogP contribution is -2.23. The average Bonchev–Trinajstić information content (AvgIpc) is 2.69. The summed E-state index contributed by atoms with van der Waals surface area (Å²) in [6, 6.07) is 0. The molecule has 0 bridgehead atoms. The molecule has 1 rings (SSSR count). The summed E-state index contributed by atoms with van der Waals surface area (Å²) < 4.78 is 0.894. The maximum absolute atomic E-state index is 10.2. The summed E-state index contributed by atoms with van der Waals surface area (Å²) in [5.74, 6) is 0.675. The fourth-order valence-corrected chi connectivity index (χ4v) is 2.82. The van der Waals surface area contributed by atoms with Gasteiger partial charge in [0.15, 0.2) is 4.34 Å². The first-order chi connectivity index (χ1) is 8.08. The van der Waals surface area contributed by atoms with Gasteiger partial charge in [0.1, 0.15) is 5.01 Å². The van der Waals surface area contributed by atoms with Crippen LogP contribution in [0.4, 0.5) is 4.79 Å². The number of amides is 1. The molecule has 0 saturated heterocycles. The van der Waals surface area contributed by atoms with E-state index in [1.54, 1.807) is 11.3 Å². The van der Waals surface area contributed by atoms with E-state index in [-0.39, 0.29) is 0 Å². The Bertz CT molecular complexity index is 357. The summed E-state index contributed by atoms with van der Waals surface area (Å²) in [6.45, 7) is 1.38. The molecule has 0 fully saturated rings. The number of nitrogens with zero attached hydrogens (tertiary/aromatic N) is 3. The normalized spacial score (nSPS) is 10.8. The first kappa shape index (κ1) is 14.2. The summed E-state index contributed by atoms with van der Waals surface area (Å²) in [5, 5.41) is 19.9. The second kappa shape index (κ2) is 7.46. The van der Waals surface area contributed by atoms with Crippen molar-refractivity contribution < 1.29 is 9.90 Å². The Balaban J connectivity index is 2.23. The second-order valence-corrected chi connectivity index (χ2v) is 6.00. The average molecular weight is 276 g/mol. The van der Waals surface area contributed by atoms with Crippen LogP contribution in [-0.2, 0) is 6.42 Å². The number of aromatic nitrogens is 2. The minimum Gasteiger partial charge on any atom is -0.465 e. The van der Waals surface area contributed by atoms with E-state index in [0.717, 1.165) is 22.3 Å². The van der Waals surface area contributed by atoms with Gasteiger partial charge in [0.25, 0.3) is 0 Å². The van der Waals surface area contributed by atoms with Crippen molar-refractivity contribution in [3.8, 4) is 0 Å². The van der Waals surface area contributed by atoms with E-state index in [2.05, 4.69) is 20.4 Å². The van der Waals surface area contributed by atoms with E-state index >= 15 is 0 Å². The van der Waals surface area contributed by atoms with Gasteiger partial charge in [-0.25, -0.2) is 4.79 Å². The largest absolute Gasteiger partial charge is 0.465 e. The van der Waals surface area contributed by atoms with Crippen molar-refractivity contribution in [2.24, 2.45) is 0 Å². The highest BCUT2D eigenvalue weighted by Crippen LogP contribution is 2.22. The monoisotopic (exact) mass is 276 g/mol. The molecular weight excluding hydrogens is 260 g/mol. The van der Waals surface area contributed by atoms with Crippen molar-refractivity contribution in [3.05, 3.63) is 5.01 Å². The number of thioether (sulfide) groups is 1. The van der Waals surface area contributed by atoms with Gasteiger partial charge in [0.2, 0.25) is 0 Å². The second-order valence-electron chi connectivity index (χ2n) is 3.60. The third kappa shape index (κ3) is 6.44. The number of carbonyl (C=O) groups is 1. The van der Waals surface area contributed by atoms with Crippen LogP contribution in [0.3, 0.4) is 0 Å². The lowest BCUT2D eigenvalue weighted by molar-refractivity contribution is 0.195. The Hall–Kier alpha value is -0.860. The van der Waals surface area contributed by atoms with E-state index in [1.165, 1.54) is 11.8 Å². The van der Waals surface area contributed by atoms with Crippen LogP contribution in [-0.4, -0.2) is 59.2 Å². The molecule has 0 aliphatic rings.